The summed E-state index contributed by atoms with van der Waals surface area (Å²) in [7, 11) is 0. The molecule has 25 heavy (non-hydrogen) atoms. The van der Waals surface area contributed by atoms with E-state index in [-0.39, 0.29) is 19.1 Å². The van der Waals surface area contributed by atoms with E-state index in [0.29, 0.717) is 21.4 Å². The molecule has 1 saturated heterocycles. The fourth-order valence-electron chi connectivity index (χ4n) is 2.66. The molecule has 0 saturated carbocycles. The van der Waals surface area contributed by atoms with Crippen LogP contribution in [0.4, 0.5) is 4.79 Å². The van der Waals surface area contributed by atoms with Crippen LogP contribution in [0.15, 0.2) is 48.5 Å². The maximum Gasteiger partial charge on any atom is 0.325 e. The Kier molecular flexibility index (Phi) is 4.88. The Hall–Kier alpha value is -2.24. The van der Waals surface area contributed by atoms with Gasteiger partial charge in [-0.2, -0.15) is 0 Å². The molecule has 1 fully saturated rings. The molecule has 0 aromatic heterocycles. The number of hydrogen-bond acceptors (Lipinski definition) is 3. The second-order valence-electron chi connectivity index (χ2n) is 5.82. The SMILES string of the molecule is CC1(c2ccc(Cl)cc2)NC(=O)N(CCOc2ccc(Cl)cc2)C1=O. The molecule has 1 aliphatic heterocycles. The molecule has 1 unspecified atom stereocenters. The molecule has 1 N–H and O–H groups in total. The summed E-state index contributed by atoms with van der Waals surface area (Å²) >= 11 is 11.7. The summed E-state index contributed by atoms with van der Waals surface area (Å²) in [5.41, 5.74) is -0.432. The first kappa shape index (κ1) is 17.6. The maximum atomic E-state index is 12.7. The minimum absolute atomic E-state index is 0.149. The largest absolute Gasteiger partial charge is 0.492 e. The van der Waals surface area contributed by atoms with Gasteiger partial charge in [0.15, 0.2) is 0 Å². The van der Waals surface area contributed by atoms with Crippen LogP contribution < -0.4 is 10.1 Å². The van der Waals surface area contributed by atoms with Gasteiger partial charge >= 0.3 is 6.03 Å². The molecular formula is C18H16Cl2N2O3. The molecule has 3 rings (SSSR count). The number of carbonyl (C=O) groups excluding carboxylic acids is 2. The van der Waals surface area contributed by atoms with Crippen molar-refractivity contribution in [3.05, 3.63) is 64.1 Å². The lowest BCUT2D eigenvalue weighted by Crippen LogP contribution is -2.41. The smallest absolute Gasteiger partial charge is 0.325 e. The fourth-order valence-corrected chi connectivity index (χ4v) is 2.92. The summed E-state index contributed by atoms with van der Waals surface area (Å²) in [6.07, 6.45) is 0. The van der Waals surface area contributed by atoms with Gasteiger partial charge in [-0.15, -0.1) is 0 Å². The van der Waals surface area contributed by atoms with Gasteiger partial charge in [0.2, 0.25) is 0 Å². The van der Waals surface area contributed by atoms with Crippen LogP contribution in [0.3, 0.4) is 0 Å². The molecule has 1 atom stereocenters. The van der Waals surface area contributed by atoms with E-state index in [1.807, 2.05) is 0 Å². The van der Waals surface area contributed by atoms with E-state index in [9.17, 15) is 9.59 Å². The van der Waals surface area contributed by atoms with Gasteiger partial charge in [-0.25, -0.2) is 4.79 Å². The molecular weight excluding hydrogens is 363 g/mol. The highest BCUT2D eigenvalue weighted by atomic mass is 35.5. The Morgan fingerprint density at radius 2 is 1.56 bits per heavy atom. The zero-order chi connectivity index (χ0) is 18.0. The van der Waals surface area contributed by atoms with E-state index in [4.69, 9.17) is 27.9 Å². The van der Waals surface area contributed by atoms with Gasteiger partial charge in [-0.1, -0.05) is 35.3 Å². The lowest BCUT2D eigenvalue weighted by atomic mass is 9.92. The maximum absolute atomic E-state index is 12.7. The molecule has 0 aliphatic carbocycles. The molecule has 0 radical (unpaired) electrons. The molecule has 0 spiro atoms. The minimum atomic E-state index is -1.11. The third-order valence-corrected chi connectivity index (χ3v) is 4.60. The Bertz CT molecular complexity index is 793. The second-order valence-corrected chi connectivity index (χ2v) is 6.69. The normalized spacial score (nSPS) is 19.9. The summed E-state index contributed by atoms with van der Waals surface area (Å²) in [6.45, 7) is 2.02. The van der Waals surface area contributed by atoms with Crippen LogP contribution in [0.1, 0.15) is 12.5 Å². The van der Waals surface area contributed by atoms with Crippen molar-refractivity contribution in [2.24, 2.45) is 0 Å². The van der Waals surface area contributed by atoms with E-state index in [2.05, 4.69) is 5.32 Å². The highest BCUT2D eigenvalue weighted by molar-refractivity contribution is 6.30. The molecule has 1 aliphatic rings. The summed E-state index contributed by atoms with van der Waals surface area (Å²) in [5, 5.41) is 3.92. The lowest BCUT2D eigenvalue weighted by Gasteiger charge is -2.22. The van der Waals surface area contributed by atoms with Crippen molar-refractivity contribution in [3.63, 3.8) is 0 Å². The van der Waals surface area contributed by atoms with E-state index < -0.39 is 11.6 Å². The molecule has 0 bridgehead atoms. The number of urea groups is 1. The van der Waals surface area contributed by atoms with Gasteiger partial charge in [0.05, 0.1) is 6.54 Å². The topological polar surface area (TPSA) is 58.6 Å². The molecule has 130 valence electrons. The van der Waals surface area contributed by atoms with Crippen molar-refractivity contribution >= 4 is 35.1 Å². The molecule has 5 nitrogen and oxygen atoms in total. The van der Waals surface area contributed by atoms with Crippen LogP contribution in [-0.2, 0) is 10.3 Å². The molecule has 2 aromatic rings. The molecule has 1 heterocycles. The first-order valence-corrected chi connectivity index (χ1v) is 8.44. The average Bonchev–Trinajstić information content (AvgIpc) is 2.81. The van der Waals surface area contributed by atoms with Crippen molar-refractivity contribution < 1.29 is 14.3 Å². The standard InChI is InChI=1S/C18H16Cl2N2O3/c1-18(12-2-4-13(19)5-3-12)16(23)22(17(24)21-18)10-11-25-15-8-6-14(20)7-9-15/h2-9H,10-11H2,1H3,(H,21,24). The summed E-state index contributed by atoms with van der Waals surface area (Å²) in [5.74, 6) is 0.302. The van der Waals surface area contributed by atoms with Gasteiger partial charge in [-0.05, 0) is 48.9 Å². The van der Waals surface area contributed by atoms with Crippen LogP contribution in [0.5, 0.6) is 5.75 Å². The summed E-state index contributed by atoms with van der Waals surface area (Å²) in [4.78, 5) is 26.1. The first-order chi connectivity index (χ1) is 11.9. The predicted molar refractivity (Wildman–Crippen MR) is 96.0 cm³/mol. The van der Waals surface area contributed by atoms with E-state index in [1.165, 1.54) is 0 Å². The summed E-state index contributed by atoms with van der Waals surface area (Å²) < 4.78 is 5.56. The van der Waals surface area contributed by atoms with Gasteiger partial charge in [0.1, 0.15) is 17.9 Å². The number of imide groups is 1. The number of halogens is 2. The number of carbonyl (C=O) groups is 2. The Balaban J connectivity index is 1.66. The molecule has 3 amide bonds. The van der Waals surface area contributed by atoms with Crippen molar-refractivity contribution in [1.82, 2.24) is 10.2 Å². The summed E-state index contributed by atoms with van der Waals surface area (Å²) in [6, 6.07) is 13.3. The van der Waals surface area contributed by atoms with Crippen LogP contribution in [-0.4, -0.2) is 30.0 Å². The van der Waals surface area contributed by atoms with Crippen molar-refractivity contribution in [1.29, 1.82) is 0 Å². The first-order valence-electron chi connectivity index (χ1n) is 7.69. The van der Waals surface area contributed by atoms with Gasteiger partial charge in [0.25, 0.3) is 5.91 Å². The Labute approximate surface area is 155 Å². The minimum Gasteiger partial charge on any atom is -0.492 e. The molecule has 7 heteroatoms. The zero-order valence-corrected chi connectivity index (χ0v) is 15.0. The van der Waals surface area contributed by atoms with Crippen molar-refractivity contribution in [2.75, 3.05) is 13.2 Å². The number of nitrogens with one attached hydrogen (secondary N) is 1. The number of rotatable bonds is 5. The lowest BCUT2D eigenvalue weighted by molar-refractivity contribution is -0.131. The number of amides is 3. The Morgan fingerprint density at radius 1 is 1.00 bits per heavy atom. The second kappa shape index (κ2) is 6.94. The monoisotopic (exact) mass is 378 g/mol. The highest BCUT2D eigenvalue weighted by Gasteiger charge is 2.48. The number of hydrogen-bond donors (Lipinski definition) is 1. The third kappa shape index (κ3) is 3.57. The Morgan fingerprint density at radius 3 is 2.16 bits per heavy atom. The third-order valence-electron chi connectivity index (χ3n) is 4.09. The van der Waals surface area contributed by atoms with Crippen LogP contribution in [0, 0.1) is 0 Å². The van der Waals surface area contributed by atoms with Gasteiger partial charge < -0.3 is 10.1 Å². The fraction of sp³-hybridized carbons (Fsp3) is 0.222. The van der Waals surface area contributed by atoms with Crippen molar-refractivity contribution in [2.45, 2.75) is 12.5 Å². The highest BCUT2D eigenvalue weighted by Crippen LogP contribution is 2.29. The van der Waals surface area contributed by atoms with E-state index in [1.54, 1.807) is 55.5 Å². The molecule has 2 aromatic carbocycles. The number of ether oxygens (including phenoxy) is 1. The van der Waals surface area contributed by atoms with Crippen molar-refractivity contribution in [3.8, 4) is 5.75 Å². The van der Waals surface area contributed by atoms with E-state index >= 15 is 0 Å². The number of nitrogens with zero attached hydrogens (tertiary/aromatic N) is 1. The van der Waals surface area contributed by atoms with Crippen LogP contribution in [0.25, 0.3) is 0 Å². The quantitative estimate of drug-likeness (QED) is 0.804. The average molecular weight is 379 g/mol. The van der Waals surface area contributed by atoms with Crippen LogP contribution >= 0.6 is 23.2 Å². The van der Waals surface area contributed by atoms with Gasteiger partial charge in [-0.3, -0.25) is 9.69 Å². The van der Waals surface area contributed by atoms with Crippen LogP contribution in [0.2, 0.25) is 10.0 Å². The van der Waals surface area contributed by atoms with E-state index in [0.717, 1.165) is 4.90 Å². The number of benzene rings is 2. The predicted octanol–water partition coefficient (Wildman–Crippen LogP) is 3.84. The zero-order valence-electron chi connectivity index (χ0n) is 13.5. The van der Waals surface area contributed by atoms with Gasteiger partial charge in [0, 0.05) is 10.0 Å².